The molecule has 1 aromatic carbocycles. The average molecular weight is 304 g/mol. The van der Waals surface area contributed by atoms with Crippen LogP contribution in [0.1, 0.15) is 37.7 Å². The van der Waals surface area contributed by atoms with Crippen LogP contribution in [0.15, 0.2) is 30.3 Å². The zero-order valence-corrected chi connectivity index (χ0v) is 12.8. The molecule has 2 amide bonds. The molecule has 1 aromatic rings. The van der Waals surface area contributed by atoms with Crippen molar-refractivity contribution in [1.82, 2.24) is 10.2 Å². The summed E-state index contributed by atoms with van der Waals surface area (Å²) in [6.45, 7) is 0.333. The van der Waals surface area contributed by atoms with Gasteiger partial charge in [0.25, 0.3) is 0 Å². The van der Waals surface area contributed by atoms with Crippen molar-refractivity contribution in [1.29, 1.82) is 0 Å². The van der Waals surface area contributed by atoms with Crippen molar-refractivity contribution in [2.45, 2.75) is 44.7 Å². The lowest BCUT2D eigenvalue weighted by Crippen LogP contribution is -2.47. The Hall–Kier alpha value is -1.88. The molecule has 0 heterocycles. The minimum Gasteiger partial charge on any atom is -0.395 e. The highest BCUT2D eigenvalue weighted by atomic mass is 16.3. The number of nitrogens with one attached hydrogen (secondary N) is 1. The van der Waals surface area contributed by atoms with E-state index in [0.29, 0.717) is 6.54 Å². The summed E-state index contributed by atoms with van der Waals surface area (Å²) in [4.78, 5) is 25.8. The summed E-state index contributed by atoms with van der Waals surface area (Å²) in [5, 5.41) is 12.0. The van der Waals surface area contributed by atoms with Gasteiger partial charge in [0.15, 0.2) is 0 Å². The van der Waals surface area contributed by atoms with Crippen LogP contribution in [0.2, 0.25) is 0 Å². The molecule has 0 radical (unpaired) electrons. The Bertz CT molecular complexity index is 484. The number of benzene rings is 1. The molecule has 1 aliphatic rings. The van der Waals surface area contributed by atoms with E-state index in [2.05, 4.69) is 5.32 Å². The molecule has 0 unspecified atom stereocenters. The lowest BCUT2D eigenvalue weighted by atomic mass is 9.95. The lowest BCUT2D eigenvalue weighted by molar-refractivity contribution is -0.147. The Morgan fingerprint density at radius 3 is 2.45 bits per heavy atom. The smallest absolute Gasteiger partial charge is 0.312 e. The maximum absolute atomic E-state index is 12.3. The first-order valence-electron chi connectivity index (χ1n) is 7.95. The van der Waals surface area contributed by atoms with Gasteiger partial charge >= 0.3 is 11.8 Å². The lowest BCUT2D eigenvalue weighted by Gasteiger charge is -2.25. The monoisotopic (exact) mass is 304 g/mol. The molecule has 22 heavy (non-hydrogen) atoms. The fourth-order valence-electron chi connectivity index (χ4n) is 2.81. The Balaban J connectivity index is 1.94. The second kappa shape index (κ2) is 8.54. The molecule has 5 heteroatoms. The first-order chi connectivity index (χ1) is 10.7. The number of hydrogen-bond acceptors (Lipinski definition) is 3. The third-order valence-electron chi connectivity index (χ3n) is 4.01. The SMILES string of the molecule is O=C(NC1CCCCC1)C(=O)N(CCO)Cc1ccccc1. The van der Waals surface area contributed by atoms with Crippen LogP contribution in [-0.4, -0.2) is 41.0 Å². The molecule has 0 bridgehead atoms. The van der Waals surface area contributed by atoms with E-state index in [1.165, 1.54) is 11.3 Å². The summed E-state index contributed by atoms with van der Waals surface area (Å²) in [5.74, 6) is -1.13. The average Bonchev–Trinajstić information content (AvgIpc) is 2.55. The van der Waals surface area contributed by atoms with Crippen molar-refractivity contribution in [2.24, 2.45) is 0 Å². The van der Waals surface area contributed by atoms with Gasteiger partial charge in [0.2, 0.25) is 0 Å². The maximum atomic E-state index is 12.3. The zero-order valence-electron chi connectivity index (χ0n) is 12.8. The van der Waals surface area contributed by atoms with Gasteiger partial charge in [-0.25, -0.2) is 0 Å². The predicted molar refractivity (Wildman–Crippen MR) is 84.0 cm³/mol. The summed E-state index contributed by atoms with van der Waals surface area (Å²) >= 11 is 0. The molecule has 1 fully saturated rings. The highest BCUT2D eigenvalue weighted by molar-refractivity contribution is 6.35. The number of amides is 2. The van der Waals surface area contributed by atoms with Crippen LogP contribution in [0.25, 0.3) is 0 Å². The van der Waals surface area contributed by atoms with Crippen molar-refractivity contribution in [3.63, 3.8) is 0 Å². The number of rotatable bonds is 5. The molecular formula is C17H24N2O3. The van der Waals surface area contributed by atoms with Gasteiger partial charge in [-0.15, -0.1) is 0 Å². The van der Waals surface area contributed by atoms with E-state index < -0.39 is 11.8 Å². The normalized spacial score (nSPS) is 15.3. The van der Waals surface area contributed by atoms with Crippen molar-refractivity contribution < 1.29 is 14.7 Å². The van der Waals surface area contributed by atoms with Crippen LogP contribution in [0, 0.1) is 0 Å². The molecule has 0 spiro atoms. The summed E-state index contributed by atoms with van der Waals surface area (Å²) in [6, 6.07) is 9.58. The number of carbonyl (C=O) groups excluding carboxylic acids is 2. The fourth-order valence-corrected chi connectivity index (χ4v) is 2.81. The van der Waals surface area contributed by atoms with Crippen LogP contribution >= 0.6 is 0 Å². The van der Waals surface area contributed by atoms with Gasteiger partial charge < -0.3 is 15.3 Å². The van der Waals surface area contributed by atoms with Gasteiger partial charge in [0, 0.05) is 19.1 Å². The van der Waals surface area contributed by atoms with Gasteiger partial charge in [0.1, 0.15) is 0 Å². The number of aliphatic hydroxyl groups is 1. The standard InChI is InChI=1S/C17H24N2O3/c20-12-11-19(13-14-7-3-1-4-8-14)17(22)16(21)18-15-9-5-2-6-10-15/h1,3-4,7-8,15,20H,2,5-6,9-13H2,(H,18,21). The molecule has 2 rings (SSSR count). The van der Waals surface area contributed by atoms with Crippen molar-refractivity contribution >= 4 is 11.8 Å². The van der Waals surface area contributed by atoms with E-state index in [-0.39, 0.29) is 19.2 Å². The van der Waals surface area contributed by atoms with Crippen molar-refractivity contribution in [3.8, 4) is 0 Å². The molecule has 5 nitrogen and oxygen atoms in total. The van der Waals surface area contributed by atoms with E-state index in [0.717, 1.165) is 31.2 Å². The minimum absolute atomic E-state index is 0.109. The second-order valence-corrected chi connectivity index (χ2v) is 5.74. The van der Waals surface area contributed by atoms with Crippen LogP contribution in [-0.2, 0) is 16.1 Å². The highest BCUT2D eigenvalue weighted by Gasteiger charge is 2.24. The minimum atomic E-state index is -0.566. The predicted octanol–water partition coefficient (Wildman–Crippen LogP) is 1.46. The van der Waals surface area contributed by atoms with E-state index in [1.807, 2.05) is 30.3 Å². The number of aliphatic hydroxyl groups excluding tert-OH is 1. The van der Waals surface area contributed by atoms with Crippen molar-refractivity contribution in [2.75, 3.05) is 13.2 Å². The summed E-state index contributed by atoms with van der Waals surface area (Å²) < 4.78 is 0. The van der Waals surface area contributed by atoms with Crippen molar-refractivity contribution in [3.05, 3.63) is 35.9 Å². The molecule has 2 N–H and O–H groups in total. The van der Waals surface area contributed by atoms with Crippen LogP contribution < -0.4 is 5.32 Å². The molecule has 1 aliphatic carbocycles. The van der Waals surface area contributed by atoms with Crippen LogP contribution in [0.5, 0.6) is 0 Å². The van der Waals surface area contributed by atoms with Gasteiger partial charge in [-0.05, 0) is 18.4 Å². The number of hydrogen-bond donors (Lipinski definition) is 2. The van der Waals surface area contributed by atoms with Crippen LogP contribution in [0.4, 0.5) is 0 Å². The fraction of sp³-hybridized carbons (Fsp3) is 0.529. The quantitative estimate of drug-likeness (QED) is 0.809. The Morgan fingerprint density at radius 1 is 1.14 bits per heavy atom. The Morgan fingerprint density at radius 2 is 1.82 bits per heavy atom. The number of carbonyl (C=O) groups is 2. The summed E-state index contributed by atoms with van der Waals surface area (Å²) in [5.41, 5.74) is 0.940. The number of nitrogens with zero attached hydrogens (tertiary/aromatic N) is 1. The summed E-state index contributed by atoms with van der Waals surface area (Å²) in [7, 11) is 0. The zero-order chi connectivity index (χ0) is 15.8. The molecule has 1 saturated carbocycles. The van der Waals surface area contributed by atoms with E-state index in [4.69, 9.17) is 5.11 Å². The third-order valence-corrected chi connectivity index (χ3v) is 4.01. The van der Waals surface area contributed by atoms with E-state index in [1.54, 1.807) is 0 Å². The molecule has 0 saturated heterocycles. The Kier molecular flexibility index (Phi) is 6.40. The molecular weight excluding hydrogens is 280 g/mol. The first-order valence-corrected chi connectivity index (χ1v) is 7.95. The first kappa shape index (κ1) is 16.5. The third kappa shape index (κ3) is 4.84. The summed E-state index contributed by atoms with van der Waals surface area (Å²) in [6.07, 6.45) is 5.29. The largest absolute Gasteiger partial charge is 0.395 e. The maximum Gasteiger partial charge on any atom is 0.312 e. The Labute approximate surface area is 131 Å². The molecule has 120 valence electrons. The topological polar surface area (TPSA) is 69.6 Å². The molecule has 0 aliphatic heterocycles. The van der Waals surface area contributed by atoms with Crippen LogP contribution in [0.3, 0.4) is 0 Å². The van der Waals surface area contributed by atoms with Gasteiger partial charge in [-0.2, -0.15) is 0 Å². The van der Waals surface area contributed by atoms with E-state index >= 15 is 0 Å². The van der Waals surface area contributed by atoms with Gasteiger partial charge in [-0.1, -0.05) is 49.6 Å². The molecule has 0 atom stereocenters. The second-order valence-electron chi connectivity index (χ2n) is 5.74. The van der Waals surface area contributed by atoms with E-state index in [9.17, 15) is 9.59 Å². The molecule has 0 aromatic heterocycles. The highest BCUT2D eigenvalue weighted by Crippen LogP contribution is 2.17. The van der Waals surface area contributed by atoms with Gasteiger partial charge in [0.05, 0.1) is 6.61 Å². The van der Waals surface area contributed by atoms with Gasteiger partial charge in [-0.3, -0.25) is 9.59 Å².